The van der Waals surface area contributed by atoms with E-state index >= 15 is 0 Å². The van der Waals surface area contributed by atoms with Crippen molar-refractivity contribution in [3.63, 3.8) is 0 Å². The third-order valence-corrected chi connectivity index (χ3v) is 3.40. The lowest BCUT2D eigenvalue weighted by Gasteiger charge is -2.11. The molecule has 0 N–H and O–H groups in total. The lowest BCUT2D eigenvalue weighted by molar-refractivity contribution is 0.586. The van der Waals surface area contributed by atoms with Crippen molar-refractivity contribution in [1.82, 2.24) is 0 Å². The van der Waals surface area contributed by atoms with E-state index in [1.54, 1.807) is 6.92 Å². The van der Waals surface area contributed by atoms with Gasteiger partial charge in [-0.15, -0.1) is 0 Å². The first-order chi connectivity index (χ1) is 4.13. The van der Waals surface area contributed by atoms with E-state index in [-0.39, 0.29) is 11.0 Å². The molecule has 0 fully saturated rings. The summed E-state index contributed by atoms with van der Waals surface area (Å²) in [7, 11) is -2.81. The molecule has 1 unspecified atom stereocenters. The maximum Gasteiger partial charge on any atom is 0.159 e. The minimum atomic E-state index is -2.81. The Labute approximate surface area is 54.7 Å². The van der Waals surface area contributed by atoms with E-state index in [4.69, 9.17) is 0 Å². The van der Waals surface area contributed by atoms with Crippen LogP contribution in [0.1, 0.15) is 6.92 Å². The van der Waals surface area contributed by atoms with Gasteiger partial charge in [-0.2, -0.15) is 0 Å². The largest absolute Gasteiger partial charge is 0.295 e. The van der Waals surface area contributed by atoms with Gasteiger partial charge in [0, 0.05) is 6.21 Å². The highest BCUT2D eigenvalue weighted by Gasteiger charge is 2.21. The smallest absolute Gasteiger partial charge is 0.159 e. The first-order valence-electron chi connectivity index (χ1n) is 2.83. The highest BCUT2D eigenvalue weighted by atomic mass is 32.2. The summed E-state index contributed by atoms with van der Waals surface area (Å²) in [5.74, 6) is 0.119. The molecule has 1 atom stereocenters. The molecule has 1 aliphatic heterocycles. The van der Waals surface area contributed by atoms with Gasteiger partial charge < -0.3 is 0 Å². The van der Waals surface area contributed by atoms with Gasteiger partial charge in [0.05, 0.1) is 17.5 Å². The second-order valence-corrected chi connectivity index (χ2v) is 4.65. The van der Waals surface area contributed by atoms with Crippen molar-refractivity contribution in [3.8, 4) is 0 Å². The van der Waals surface area contributed by atoms with Crippen LogP contribution in [0.15, 0.2) is 4.99 Å². The summed E-state index contributed by atoms with van der Waals surface area (Å²) in [6.45, 7) is 2.12. The molecule has 3 nitrogen and oxygen atoms in total. The minimum Gasteiger partial charge on any atom is -0.295 e. The molecule has 0 aromatic carbocycles. The zero-order valence-electron chi connectivity index (χ0n) is 5.24. The van der Waals surface area contributed by atoms with Gasteiger partial charge in [0.2, 0.25) is 0 Å². The maximum atomic E-state index is 10.9. The first kappa shape index (κ1) is 6.74. The van der Waals surface area contributed by atoms with Crippen LogP contribution in [-0.2, 0) is 9.84 Å². The predicted octanol–water partition coefficient (Wildman–Crippen LogP) is -0.126. The van der Waals surface area contributed by atoms with Crippen molar-refractivity contribution in [2.75, 3.05) is 12.3 Å². The van der Waals surface area contributed by atoms with E-state index in [9.17, 15) is 8.42 Å². The van der Waals surface area contributed by atoms with E-state index < -0.39 is 9.84 Å². The third kappa shape index (κ3) is 1.30. The number of sulfone groups is 1. The van der Waals surface area contributed by atoms with Gasteiger partial charge in [0.1, 0.15) is 0 Å². The topological polar surface area (TPSA) is 46.5 Å². The fourth-order valence-corrected chi connectivity index (χ4v) is 1.61. The molecule has 0 aromatic rings. The molecular formula is C5H9NO2S. The lowest BCUT2D eigenvalue weighted by atomic mass is 10.5. The second kappa shape index (κ2) is 2.10. The quantitative estimate of drug-likeness (QED) is 0.479. The van der Waals surface area contributed by atoms with E-state index in [0.29, 0.717) is 6.54 Å². The Morgan fingerprint density at radius 1 is 1.67 bits per heavy atom. The fraction of sp³-hybridized carbons (Fsp3) is 0.800. The zero-order valence-corrected chi connectivity index (χ0v) is 6.06. The third-order valence-electron chi connectivity index (χ3n) is 1.41. The molecule has 1 heterocycles. The van der Waals surface area contributed by atoms with Gasteiger partial charge in [-0.25, -0.2) is 8.42 Å². The highest BCUT2D eigenvalue weighted by molar-refractivity contribution is 7.92. The summed E-state index contributed by atoms with van der Waals surface area (Å²) >= 11 is 0. The van der Waals surface area contributed by atoms with Crippen molar-refractivity contribution in [2.45, 2.75) is 12.2 Å². The Morgan fingerprint density at radius 2 is 2.33 bits per heavy atom. The maximum absolute atomic E-state index is 10.9. The van der Waals surface area contributed by atoms with Crippen molar-refractivity contribution < 1.29 is 8.42 Å². The van der Waals surface area contributed by atoms with Crippen LogP contribution in [0.25, 0.3) is 0 Å². The Morgan fingerprint density at radius 3 is 2.67 bits per heavy atom. The fourth-order valence-electron chi connectivity index (χ4n) is 0.657. The SMILES string of the molecule is CC1CN=CCS1(=O)=O. The lowest BCUT2D eigenvalue weighted by Crippen LogP contribution is -2.28. The Bertz CT molecular complexity index is 217. The standard InChI is InChI=1S/C5H9NO2S/c1-5-4-6-2-3-9(5,7)8/h2,5H,3-4H2,1H3. The molecular weight excluding hydrogens is 138 g/mol. The van der Waals surface area contributed by atoms with Crippen LogP contribution in [0.2, 0.25) is 0 Å². The van der Waals surface area contributed by atoms with E-state index in [0.717, 1.165) is 0 Å². The summed E-state index contributed by atoms with van der Waals surface area (Å²) in [5.41, 5.74) is 0. The monoisotopic (exact) mass is 147 g/mol. The average molecular weight is 147 g/mol. The molecule has 52 valence electrons. The van der Waals surface area contributed by atoms with Crippen LogP contribution in [-0.4, -0.2) is 32.2 Å². The molecule has 0 saturated heterocycles. The minimum absolute atomic E-state index is 0.119. The normalized spacial score (nSPS) is 32.3. The molecule has 0 saturated carbocycles. The Kier molecular flexibility index (Phi) is 1.57. The van der Waals surface area contributed by atoms with Gasteiger partial charge in [0.25, 0.3) is 0 Å². The first-order valence-corrected chi connectivity index (χ1v) is 4.54. The van der Waals surface area contributed by atoms with Crippen molar-refractivity contribution >= 4 is 16.1 Å². The zero-order chi connectivity index (χ0) is 6.91. The van der Waals surface area contributed by atoms with Gasteiger partial charge >= 0.3 is 0 Å². The average Bonchev–Trinajstić information content (AvgIpc) is 1.77. The summed E-state index contributed by atoms with van der Waals surface area (Å²) in [5, 5.41) is -0.275. The Balaban J connectivity index is 2.90. The van der Waals surface area contributed by atoms with Gasteiger partial charge in [0.15, 0.2) is 9.84 Å². The summed E-state index contributed by atoms with van der Waals surface area (Å²) < 4.78 is 21.8. The van der Waals surface area contributed by atoms with Crippen LogP contribution in [0, 0.1) is 0 Å². The molecule has 0 amide bonds. The van der Waals surface area contributed by atoms with Crippen LogP contribution in [0.5, 0.6) is 0 Å². The number of nitrogens with zero attached hydrogens (tertiary/aromatic N) is 1. The van der Waals surface area contributed by atoms with Crippen molar-refractivity contribution in [3.05, 3.63) is 0 Å². The van der Waals surface area contributed by atoms with Crippen LogP contribution < -0.4 is 0 Å². The number of rotatable bonds is 0. The predicted molar refractivity (Wildman–Crippen MR) is 36.6 cm³/mol. The molecule has 1 rings (SSSR count). The molecule has 9 heavy (non-hydrogen) atoms. The van der Waals surface area contributed by atoms with E-state index in [1.165, 1.54) is 6.21 Å². The molecule has 0 aromatic heterocycles. The van der Waals surface area contributed by atoms with Gasteiger partial charge in [-0.3, -0.25) is 4.99 Å². The highest BCUT2D eigenvalue weighted by Crippen LogP contribution is 2.04. The summed E-state index contributed by atoms with van der Waals surface area (Å²) in [6.07, 6.45) is 1.47. The molecule has 0 bridgehead atoms. The molecule has 0 radical (unpaired) electrons. The summed E-state index contributed by atoms with van der Waals surface area (Å²) in [4.78, 5) is 3.85. The van der Waals surface area contributed by atoms with Crippen molar-refractivity contribution in [2.24, 2.45) is 4.99 Å². The number of hydrogen-bond donors (Lipinski definition) is 0. The molecule has 0 spiro atoms. The molecule has 1 aliphatic rings. The second-order valence-electron chi connectivity index (χ2n) is 2.19. The van der Waals surface area contributed by atoms with Gasteiger partial charge in [-0.1, -0.05) is 0 Å². The van der Waals surface area contributed by atoms with E-state index in [1.807, 2.05) is 0 Å². The number of hydrogen-bond acceptors (Lipinski definition) is 3. The van der Waals surface area contributed by atoms with Crippen LogP contribution in [0.3, 0.4) is 0 Å². The molecule has 0 aliphatic carbocycles. The molecule has 4 heteroatoms. The van der Waals surface area contributed by atoms with Crippen LogP contribution in [0.4, 0.5) is 0 Å². The number of aliphatic imine (C=N–C) groups is 1. The summed E-state index contributed by atoms with van der Waals surface area (Å²) in [6, 6.07) is 0. The van der Waals surface area contributed by atoms with Gasteiger partial charge in [-0.05, 0) is 6.92 Å². The Hall–Kier alpha value is -0.380. The van der Waals surface area contributed by atoms with Crippen molar-refractivity contribution in [1.29, 1.82) is 0 Å². The van der Waals surface area contributed by atoms with E-state index in [2.05, 4.69) is 4.99 Å². The van der Waals surface area contributed by atoms with Crippen LogP contribution >= 0.6 is 0 Å².